The molecule has 0 heterocycles. The minimum absolute atomic E-state index is 0.00289. The van der Waals surface area contributed by atoms with E-state index in [0.29, 0.717) is 6.42 Å². The van der Waals surface area contributed by atoms with Gasteiger partial charge in [-0.2, -0.15) is 0 Å². The summed E-state index contributed by atoms with van der Waals surface area (Å²) in [5.74, 6) is -1.65. The topological polar surface area (TPSA) is 125 Å². The summed E-state index contributed by atoms with van der Waals surface area (Å²) in [5.41, 5.74) is 4.65. The highest BCUT2D eigenvalue weighted by molar-refractivity contribution is 5.83. The molecule has 0 bridgehead atoms. The van der Waals surface area contributed by atoms with Gasteiger partial charge in [0, 0.05) is 18.4 Å². The van der Waals surface area contributed by atoms with E-state index in [-0.39, 0.29) is 30.9 Å². The molecular formula is C25H28N2O6. The fourth-order valence-corrected chi connectivity index (χ4v) is 4.90. The maximum Gasteiger partial charge on any atom is 0.407 e. The molecule has 2 amide bonds. The van der Waals surface area contributed by atoms with Crippen LogP contribution in [0.4, 0.5) is 4.79 Å². The summed E-state index contributed by atoms with van der Waals surface area (Å²) in [4.78, 5) is 35.5. The lowest BCUT2D eigenvalue weighted by molar-refractivity contribution is -0.143. The Morgan fingerprint density at radius 2 is 1.64 bits per heavy atom. The summed E-state index contributed by atoms with van der Waals surface area (Å²) in [6, 6.07) is 14.9. The molecule has 4 rings (SSSR count). The van der Waals surface area contributed by atoms with Crippen LogP contribution in [0.1, 0.15) is 42.7 Å². The van der Waals surface area contributed by atoms with Crippen molar-refractivity contribution in [3.05, 3.63) is 59.7 Å². The van der Waals surface area contributed by atoms with Crippen LogP contribution in [0.15, 0.2) is 48.5 Å². The van der Waals surface area contributed by atoms with Crippen molar-refractivity contribution in [1.82, 2.24) is 10.6 Å². The first kappa shape index (κ1) is 22.8. The van der Waals surface area contributed by atoms with Gasteiger partial charge in [-0.05, 0) is 47.4 Å². The fourth-order valence-electron chi connectivity index (χ4n) is 4.90. The van der Waals surface area contributed by atoms with Crippen molar-refractivity contribution >= 4 is 18.0 Å². The average Bonchev–Trinajstić information content (AvgIpc) is 3.37. The van der Waals surface area contributed by atoms with E-state index in [0.717, 1.165) is 24.0 Å². The number of ether oxygens (including phenoxy) is 1. The lowest BCUT2D eigenvalue weighted by Crippen LogP contribution is -2.43. The zero-order chi connectivity index (χ0) is 23.4. The van der Waals surface area contributed by atoms with Crippen LogP contribution in [0, 0.1) is 5.92 Å². The molecule has 0 unspecified atom stereocenters. The van der Waals surface area contributed by atoms with Crippen LogP contribution >= 0.6 is 0 Å². The van der Waals surface area contributed by atoms with Gasteiger partial charge < -0.3 is 25.6 Å². The molecule has 2 aromatic rings. The lowest BCUT2D eigenvalue weighted by Gasteiger charge is -2.17. The van der Waals surface area contributed by atoms with Crippen molar-refractivity contribution in [2.24, 2.45) is 5.92 Å². The summed E-state index contributed by atoms with van der Waals surface area (Å²) in [7, 11) is 0. The Morgan fingerprint density at radius 1 is 1.00 bits per heavy atom. The van der Waals surface area contributed by atoms with Crippen LogP contribution < -0.4 is 10.6 Å². The first-order chi connectivity index (χ1) is 16.0. The van der Waals surface area contributed by atoms with Gasteiger partial charge in [0.05, 0.1) is 6.61 Å². The molecule has 2 aliphatic carbocycles. The third-order valence-electron chi connectivity index (χ3n) is 6.50. The highest BCUT2D eigenvalue weighted by Crippen LogP contribution is 2.44. The lowest BCUT2D eigenvalue weighted by atomic mass is 9.98. The number of hydrogen-bond donors (Lipinski definition) is 4. The fraction of sp³-hybridized carbons (Fsp3) is 0.400. The molecule has 8 nitrogen and oxygen atoms in total. The summed E-state index contributed by atoms with van der Waals surface area (Å²) < 4.78 is 5.59. The number of aliphatic hydroxyl groups is 1. The Kier molecular flexibility index (Phi) is 6.93. The van der Waals surface area contributed by atoms with E-state index < -0.39 is 30.6 Å². The Hall–Kier alpha value is -3.39. The Balaban J connectivity index is 1.26. The van der Waals surface area contributed by atoms with Crippen molar-refractivity contribution in [2.75, 3.05) is 13.2 Å². The summed E-state index contributed by atoms with van der Waals surface area (Å²) >= 11 is 0. The largest absolute Gasteiger partial charge is 0.480 e. The van der Waals surface area contributed by atoms with Crippen molar-refractivity contribution < 1.29 is 29.3 Å². The van der Waals surface area contributed by atoms with Gasteiger partial charge in [-0.25, -0.2) is 9.59 Å². The molecule has 3 atom stereocenters. The van der Waals surface area contributed by atoms with Gasteiger partial charge in [0.1, 0.15) is 12.6 Å². The Labute approximate surface area is 192 Å². The third kappa shape index (κ3) is 5.17. The average molecular weight is 453 g/mol. The van der Waals surface area contributed by atoms with Crippen molar-refractivity contribution in [3.63, 3.8) is 0 Å². The number of rotatable bonds is 8. The van der Waals surface area contributed by atoms with Crippen LogP contribution in [-0.2, 0) is 14.3 Å². The first-order valence-electron chi connectivity index (χ1n) is 11.2. The number of nitrogens with one attached hydrogen (secondary N) is 2. The molecule has 1 saturated carbocycles. The van der Waals surface area contributed by atoms with Crippen molar-refractivity contribution in [2.45, 2.75) is 43.7 Å². The van der Waals surface area contributed by atoms with Crippen molar-refractivity contribution in [3.8, 4) is 11.1 Å². The predicted molar refractivity (Wildman–Crippen MR) is 121 cm³/mol. The molecule has 8 heteroatoms. The number of alkyl carbamates (subject to hydrolysis) is 1. The highest BCUT2D eigenvalue weighted by Gasteiger charge is 2.31. The van der Waals surface area contributed by atoms with Crippen LogP contribution in [0.25, 0.3) is 11.1 Å². The maximum absolute atomic E-state index is 12.5. The van der Waals surface area contributed by atoms with Gasteiger partial charge in [-0.1, -0.05) is 48.5 Å². The minimum atomic E-state index is -1.30. The molecule has 0 spiro atoms. The molecule has 33 heavy (non-hydrogen) atoms. The van der Waals surface area contributed by atoms with Gasteiger partial charge in [0.15, 0.2) is 0 Å². The number of aliphatic hydroxyl groups excluding tert-OH is 1. The second kappa shape index (κ2) is 10.0. The number of benzene rings is 2. The van der Waals surface area contributed by atoms with Crippen LogP contribution in [0.5, 0.6) is 0 Å². The van der Waals surface area contributed by atoms with Gasteiger partial charge in [0.25, 0.3) is 0 Å². The summed E-state index contributed by atoms with van der Waals surface area (Å²) in [5, 5.41) is 23.2. The van der Waals surface area contributed by atoms with Gasteiger partial charge in [0.2, 0.25) is 5.91 Å². The standard InChI is InChI=1S/C25H28N2O6/c28-13-22(24(30)31)27-23(29)12-15-9-10-16(11-15)26-25(32)33-14-21-19-7-3-1-5-17(19)18-6-2-4-8-20(18)21/h1-8,15-16,21-22,28H,9-14H2,(H,26,32)(H,27,29)(H,30,31)/t15-,16+,22-/m0/s1. The normalized spacial score (nSPS) is 19.9. The Bertz CT molecular complexity index is 994. The zero-order valence-electron chi connectivity index (χ0n) is 18.2. The van der Waals surface area contributed by atoms with Crippen LogP contribution in [0.2, 0.25) is 0 Å². The summed E-state index contributed by atoms with van der Waals surface area (Å²) in [6.45, 7) is -0.409. The van der Waals surface area contributed by atoms with E-state index in [4.69, 9.17) is 14.9 Å². The molecule has 1 fully saturated rings. The molecular weight excluding hydrogens is 424 g/mol. The smallest absolute Gasteiger partial charge is 0.407 e. The minimum Gasteiger partial charge on any atom is -0.480 e. The van der Waals surface area contributed by atoms with E-state index in [1.807, 2.05) is 24.3 Å². The zero-order valence-corrected chi connectivity index (χ0v) is 18.2. The predicted octanol–water partition coefficient (Wildman–Crippen LogP) is 2.65. The van der Waals surface area contributed by atoms with E-state index in [1.165, 1.54) is 11.1 Å². The SMILES string of the molecule is O=C(C[C@H]1CC[C@@H](NC(=O)OCC2c3ccccc3-c3ccccc32)C1)N[C@@H](CO)C(=O)O. The molecule has 0 aliphatic heterocycles. The number of aliphatic carboxylic acids is 1. The van der Waals surface area contributed by atoms with E-state index in [9.17, 15) is 14.4 Å². The number of carbonyl (C=O) groups is 3. The first-order valence-corrected chi connectivity index (χ1v) is 11.2. The van der Waals surface area contributed by atoms with E-state index in [1.54, 1.807) is 0 Å². The molecule has 174 valence electrons. The Morgan fingerprint density at radius 3 is 2.24 bits per heavy atom. The van der Waals surface area contributed by atoms with Gasteiger partial charge >= 0.3 is 12.1 Å². The molecule has 0 saturated heterocycles. The second-order valence-electron chi connectivity index (χ2n) is 8.69. The number of fused-ring (bicyclic) bond motifs is 3. The molecule has 0 radical (unpaired) electrons. The number of amides is 2. The van der Waals surface area contributed by atoms with Gasteiger partial charge in [-0.3, -0.25) is 4.79 Å². The monoisotopic (exact) mass is 452 g/mol. The highest BCUT2D eigenvalue weighted by atomic mass is 16.5. The van der Waals surface area contributed by atoms with Crippen molar-refractivity contribution in [1.29, 1.82) is 0 Å². The summed E-state index contributed by atoms with van der Waals surface area (Å²) in [6.07, 6.45) is 1.78. The van der Waals surface area contributed by atoms with Crippen LogP contribution in [0.3, 0.4) is 0 Å². The number of carboxylic acids is 1. The second-order valence-corrected chi connectivity index (χ2v) is 8.69. The maximum atomic E-state index is 12.5. The number of carboxylic acid groups (broad SMARTS) is 1. The molecule has 4 N–H and O–H groups in total. The molecule has 2 aromatic carbocycles. The van der Waals surface area contributed by atoms with Gasteiger partial charge in [-0.15, -0.1) is 0 Å². The van der Waals surface area contributed by atoms with E-state index >= 15 is 0 Å². The molecule has 2 aliphatic rings. The third-order valence-corrected chi connectivity index (χ3v) is 6.50. The number of carbonyl (C=O) groups excluding carboxylic acids is 2. The quantitative estimate of drug-likeness (QED) is 0.488. The molecule has 0 aromatic heterocycles. The van der Waals surface area contributed by atoms with E-state index in [2.05, 4.69) is 34.9 Å². The number of hydrogen-bond acceptors (Lipinski definition) is 5. The van der Waals surface area contributed by atoms with Crippen LogP contribution in [-0.4, -0.2) is 53.5 Å².